The highest BCUT2D eigenvalue weighted by atomic mass is 16.4. The Morgan fingerprint density at radius 3 is 1.88 bits per heavy atom. The van der Waals surface area contributed by atoms with E-state index in [1.165, 1.54) is 0 Å². The summed E-state index contributed by atoms with van der Waals surface area (Å²) in [4.78, 5) is 8.00. The van der Waals surface area contributed by atoms with Crippen LogP contribution in [0.15, 0.2) is 0 Å². The molecule has 4 unspecified atom stereocenters. The molecular weight excluding hydrogens is 218 g/mol. The van der Waals surface area contributed by atoms with Crippen molar-refractivity contribution in [3.8, 4) is 0 Å². The van der Waals surface area contributed by atoms with Gasteiger partial charge in [0.2, 0.25) is 0 Å². The van der Waals surface area contributed by atoms with E-state index in [-0.39, 0.29) is 6.54 Å². The molecule has 0 bridgehead atoms. The maximum absolute atomic E-state index is 9.30. The molecule has 7 heteroatoms. The normalized spacial score (nSPS) is 17.9. The molecule has 4 atom stereocenters. The first kappa shape index (κ1) is 17.8. The number of aliphatic hydroxyl groups excluding tert-OH is 5. The molecule has 0 heterocycles. The van der Waals surface area contributed by atoms with Crippen LogP contribution in [-0.4, -0.2) is 76.4 Å². The first-order valence-corrected chi connectivity index (χ1v) is 4.87. The van der Waals surface area contributed by atoms with Crippen molar-refractivity contribution in [1.29, 1.82) is 0 Å². The van der Waals surface area contributed by atoms with Gasteiger partial charge in [-0.05, 0) is 6.54 Å². The Bertz CT molecular complexity index is 159. The fourth-order valence-corrected chi connectivity index (χ4v) is 0.976. The molecule has 0 saturated carbocycles. The smallest absolute Gasteiger partial charge is 0.111 e. The number of aliphatic hydroxyl groups is 5. The zero-order valence-electron chi connectivity index (χ0n) is 9.28. The van der Waals surface area contributed by atoms with Crippen LogP contribution >= 0.6 is 0 Å². The maximum Gasteiger partial charge on any atom is 0.111 e. The van der Waals surface area contributed by atoms with Crippen LogP contribution in [-0.2, 0) is 4.79 Å². The van der Waals surface area contributed by atoms with Gasteiger partial charge < -0.3 is 35.6 Å². The van der Waals surface area contributed by atoms with E-state index in [1.54, 1.807) is 0 Å². The van der Waals surface area contributed by atoms with Crippen molar-refractivity contribution < 1.29 is 30.3 Å². The lowest BCUT2D eigenvalue weighted by atomic mass is 10.0. The van der Waals surface area contributed by atoms with Gasteiger partial charge in [-0.15, -0.1) is 0 Å². The van der Waals surface area contributed by atoms with E-state index in [0.29, 0.717) is 6.54 Å². The van der Waals surface area contributed by atoms with Crippen molar-refractivity contribution >= 4 is 6.79 Å². The van der Waals surface area contributed by atoms with Crippen LogP contribution in [0.5, 0.6) is 0 Å². The van der Waals surface area contributed by atoms with Gasteiger partial charge in [-0.2, -0.15) is 0 Å². The Kier molecular flexibility index (Phi) is 12.2. The van der Waals surface area contributed by atoms with Crippen LogP contribution in [0.1, 0.15) is 6.92 Å². The second kappa shape index (κ2) is 10.9. The largest absolute Gasteiger partial charge is 0.394 e. The molecule has 0 aliphatic carbocycles. The standard InChI is InChI=1S/C8H19NO5.CH2O/c1-2-9-3-5(11)7(13)8(14)6(12)4-10;1-2/h5-14H,2-4H2,1H3;1H2. The van der Waals surface area contributed by atoms with Crippen molar-refractivity contribution in [1.82, 2.24) is 5.32 Å². The van der Waals surface area contributed by atoms with Crippen molar-refractivity contribution in [3.05, 3.63) is 0 Å². The summed E-state index contributed by atoms with van der Waals surface area (Å²) in [6.07, 6.45) is -5.64. The highest BCUT2D eigenvalue weighted by Crippen LogP contribution is 2.04. The summed E-state index contributed by atoms with van der Waals surface area (Å²) < 4.78 is 0. The third-order valence-corrected chi connectivity index (χ3v) is 1.93. The third-order valence-electron chi connectivity index (χ3n) is 1.93. The van der Waals surface area contributed by atoms with Crippen LogP contribution in [0.25, 0.3) is 0 Å². The van der Waals surface area contributed by atoms with Gasteiger partial charge in [-0.1, -0.05) is 6.92 Å². The van der Waals surface area contributed by atoms with Crippen molar-refractivity contribution in [2.24, 2.45) is 0 Å². The van der Waals surface area contributed by atoms with Gasteiger partial charge in [-0.3, -0.25) is 0 Å². The predicted octanol–water partition coefficient (Wildman–Crippen LogP) is -3.15. The molecule has 7 nitrogen and oxygen atoms in total. The number of nitrogens with one attached hydrogen (secondary N) is 1. The first-order valence-electron chi connectivity index (χ1n) is 4.87. The molecule has 98 valence electrons. The quantitative estimate of drug-likeness (QED) is 0.276. The maximum atomic E-state index is 9.30. The Morgan fingerprint density at radius 1 is 1.06 bits per heavy atom. The number of carbonyl (C=O) groups excluding carboxylic acids is 1. The second-order valence-corrected chi connectivity index (χ2v) is 3.11. The number of hydrogen-bond acceptors (Lipinski definition) is 7. The summed E-state index contributed by atoms with van der Waals surface area (Å²) in [5.74, 6) is 0. The number of likely N-dealkylation sites (N-methyl/N-ethyl adjacent to an activating group) is 1. The van der Waals surface area contributed by atoms with E-state index in [4.69, 9.17) is 15.0 Å². The molecule has 0 fully saturated rings. The monoisotopic (exact) mass is 239 g/mol. The Morgan fingerprint density at radius 2 is 1.50 bits per heavy atom. The molecule has 0 aliphatic rings. The van der Waals surface area contributed by atoms with Gasteiger partial charge in [-0.25, -0.2) is 0 Å². The number of carbonyl (C=O) groups is 1. The zero-order valence-corrected chi connectivity index (χ0v) is 9.28. The van der Waals surface area contributed by atoms with Crippen molar-refractivity contribution in [2.75, 3.05) is 19.7 Å². The third kappa shape index (κ3) is 6.83. The SMILES string of the molecule is C=O.CCNCC(O)C(O)C(O)C(O)CO. The fraction of sp³-hybridized carbons (Fsp3) is 0.889. The lowest BCUT2D eigenvalue weighted by Crippen LogP contribution is -2.49. The van der Waals surface area contributed by atoms with Crippen molar-refractivity contribution in [2.45, 2.75) is 31.3 Å². The number of rotatable bonds is 7. The minimum atomic E-state index is -1.55. The van der Waals surface area contributed by atoms with E-state index in [9.17, 15) is 15.3 Å². The van der Waals surface area contributed by atoms with Crippen LogP contribution in [0.3, 0.4) is 0 Å². The van der Waals surface area contributed by atoms with Crippen LogP contribution < -0.4 is 5.32 Å². The van der Waals surface area contributed by atoms with Crippen LogP contribution in [0, 0.1) is 0 Å². The zero-order chi connectivity index (χ0) is 13.1. The first-order chi connectivity index (χ1) is 7.54. The fourth-order valence-electron chi connectivity index (χ4n) is 0.976. The minimum Gasteiger partial charge on any atom is -0.394 e. The van der Waals surface area contributed by atoms with E-state index in [2.05, 4.69) is 5.32 Å². The summed E-state index contributed by atoms with van der Waals surface area (Å²) in [6, 6.07) is 0. The molecule has 0 aromatic heterocycles. The van der Waals surface area contributed by atoms with Gasteiger partial charge in [0.25, 0.3) is 0 Å². The highest BCUT2D eigenvalue weighted by molar-refractivity contribution is 5.10. The topological polar surface area (TPSA) is 130 Å². The summed E-state index contributed by atoms with van der Waals surface area (Å²) in [5, 5.41) is 48.1. The summed E-state index contributed by atoms with van der Waals surface area (Å²) >= 11 is 0. The van der Waals surface area contributed by atoms with E-state index < -0.39 is 31.0 Å². The summed E-state index contributed by atoms with van der Waals surface area (Å²) in [5.41, 5.74) is 0. The minimum absolute atomic E-state index is 0.118. The molecule has 0 rings (SSSR count). The Balaban J connectivity index is 0. The van der Waals surface area contributed by atoms with E-state index >= 15 is 0 Å². The van der Waals surface area contributed by atoms with E-state index in [0.717, 1.165) is 0 Å². The molecule has 0 aromatic carbocycles. The average Bonchev–Trinajstić information content (AvgIpc) is 2.35. The predicted molar refractivity (Wildman–Crippen MR) is 56.8 cm³/mol. The second-order valence-electron chi connectivity index (χ2n) is 3.11. The molecule has 0 saturated heterocycles. The molecule has 6 N–H and O–H groups in total. The lowest BCUT2D eigenvalue weighted by Gasteiger charge is -2.25. The average molecular weight is 239 g/mol. The van der Waals surface area contributed by atoms with Crippen molar-refractivity contribution in [3.63, 3.8) is 0 Å². The number of hydrogen-bond donors (Lipinski definition) is 6. The lowest BCUT2D eigenvalue weighted by molar-refractivity contribution is -0.113. The molecule has 0 aromatic rings. The van der Waals surface area contributed by atoms with Gasteiger partial charge in [0, 0.05) is 6.54 Å². The highest BCUT2D eigenvalue weighted by Gasteiger charge is 2.29. The molecule has 0 amide bonds. The van der Waals surface area contributed by atoms with Gasteiger partial charge in [0.05, 0.1) is 12.7 Å². The Hall–Kier alpha value is -0.570. The van der Waals surface area contributed by atoms with E-state index in [1.807, 2.05) is 13.7 Å². The summed E-state index contributed by atoms with van der Waals surface area (Å²) in [6.45, 7) is 3.92. The van der Waals surface area contributed by atoms with Crippen LogP contribution in [0.4, 0.5) is 0 Å². The van der Waals surface area contributed by atoms with Gasteiger partial charge in [0.1, 0.15) is 25.1 Å². The summed E-state index contributed by atoms with van der Waals surface area (Å²) in [7, 11) is 0. The van der Waals surface area contributed by atoms with Gasteiger partial charge in [0.15, 0.2) is 0 Å². The molecule has 0 aliphatic heterocycles. The molecule has 0 radical (unpaired) electrons. The Labute approximate surface area is 94.3 Å². The molecule has 16 heavy (non-hydrogen) atoms. The molecule has 0 spiro atoms. The van der Waals surface area contributed by atoms with Crippen LogP contribution in [0.2, 0.25) is 0 Å². The molecular formula is C9H21NO6. The van der Waals surface area contributed by atoms with Gasteiger partial charge >= 0.3 is 0 Å².